The van der Waals surface area contributed by atoms with E-state index in [2.05, 4.69) is 4.98 Å². The average molecular weight is 354 g/mol. The number of carbonyl (C=O) groups is 1. The SMILES string of the molecule is COc1ccccc1OCC(=O)N1CCCC[C@@H]1CCc1ccccn1. The van der Waals surface area contributed by atoms with Gasteiger partial charge in [0.25, 0.3) is 5.91 Å². The minimum Gasteiger partial charge on any atom is -0.493 e. The number of hydrogen-bond donors (Lipinski definition) is 0. The number of carbonyl (C=O) groups excluding carboxylic acids is 1. The van der Waals surface area contributed by atoms with Gasteiger partial charge in [-0.1, -0.05) is 18.2 Å². The number of nitrogens with zero attached hydrogens (tertiary/aromatic N) is 2. The van der Waals surface area contributed by atoms with Crippen LogP contribution in [0.5, 0.6) is 11.5 Å². The summed E-state index contributed by atoms with van der Waals surface area (Å²) in [6.07, 6.45) is 6.93. The van der Waals surface area contributed by atoms with Crippen molar-refractivity contribution in [1.82, 2.24) is 9.88 Å². The number of benzene rings is 1. The van der Waals surface area contributed by atoms with E-state index in [1.807, 2.05) is 53.6 Å². The highest BCUT2D eigenvalue weighted by atomic mass is 16.5. The molecule has 1 amide bonds. The highest BCUT2D eigenvalue weighted by Gasteiger charge is 2.26. The van der Waals surface area contributed by atoms with Gasteiger partial charge in [0, 0.05) is 24.5 Å². The Morgan fingerprint density at radius 1 is 1.15 bits per heavy atom. The number of rotatable bonds is 7. The normalized spacial score (nSPS) is 17.0. The molecule has 5 nitrogen and oxygen atoms in total. The molecule has 0 aliphatic carbocycles. The Balaban J connectivity index is 1.57. The number of piperidine rings is 1. The lowest BCUT2D eigenvalue weighted by Crippen LogP contribution is -2.46. The summed E-state index contributed by atoms with van der Waals surface area (Å²) in [4.78, 5) is 19.1. The molecular formula is C21H26N2O3. The predicted octanol–water partition coefficient (Wildman–Crippen LogP) is 3.48. The molecule has 0 N–H and O–H groups in total. The lowest BCUT2D eigenvalue weighted by Gasteiger charge is -2.35. The maximum absolute atomic E-state index is 12.7. The van der Waals surface area contributed by atoms with E-state index in [0.717, 1.165) is 37.9 Å². The van der Waals surface area contributed by atoms with Crippen molar-refractivity contribution in [2.45, 2.75) is 38.1 Å². The van der Waals surface area contributed by atoms with Gasteiger partial charge in [0.1, 0.15) is 0 Å². The highest BCUT2D eigenvalue weighted by Crippen LogP contribution is 2.26. The Morgan fingerprint density at radius 2 is 1.96 bits per heavy atom. The quantitative estimate of drug-likeness (QED) is 0.764. The van der Waals surface area contributed by atoms with Gasteiger partial charge < -0.3 is 14.4 Å². The van der Waals surface area contributed by atoms with Gasteiger partial charge in [-0.15, -0.1) is 0 Å². The molecule has 1 atom stereocenters. The summed E-state index contributed by atoms with van der Waals surface area (Å²) in [5.41, 5.74) is 1.08. The number of ether oxygens (including phenoxy) is 2. The molecule has 1 saturated heterocycles. The molecular weight excluding hydrogens is 328 g/mol. The van der Waals surface area contributed by atoms with Crippen LogP contribution < -0.4 is 9.47 Å². The van der Waals surface area contributed by atoms with E-state index in [4.69, 9.17) is 9.47 Å². The van der Waals surface area contributed by atoms with Crippen molar-refractivity contribution in [1.29, 1.82) is 0 Å². The summed E-state index contributed by atoms with van der Waals surface area (Å²) < 4.78 is 11.0. The van der Waals surface area contributed by atoms with Crippen molar-refractivity contribution in [2.24, 2.45) is 0 Å². The zero-order chi connectivity index (χ0) is 18.2. The highest BCUT2D eigenvalue weighted by molar-refractivity contribution is 5.78. The molecule has 5 heteroatoms. The van der Waals surface area contributed by atoms with Crippen molar-refractivity contribution in [3.63, 3.8) is 0 Å². The monoisotopic (exact) mass is 354 g/mol. The predicted molar refractivity (Wildman–Crippen MR) is 100 cm³/mol. The molecule has 138 valence electrons. The first-order valence-electron chi connectivity index (χ1n) is 9.23. The molecule has 1 aromatic heterocycles. The number of aromatic nitrogens is 1. The van der Waals surface area contributed by atoms with Gasteiger partial charge in [-0.05, 0) is 56.4 Å². The number of amides is 1. The topological polar surface area (TPSA) is 51.7 Å². The number of methoxy groups -OCH3 is 1. The van der Waals surface area contributed by atoms with Crippen LogP contribution >= 0.6 is 0 Å². The van der Waals surface area contributed by atoms with Crippen molar-refractivity contribution in [3.05, 3.63) is 54.4 Å². The van der Waals surface area contributed by atoms with Crippen LogP contribution in [0.3, 0.4) is 0 Å². The summed E-state index contributed by atoms with van der Waals surface area (Å²) in [5.74, 6) is 1.29. The van der Waals surface area contributed by atoms with Gasteiger partial charge in [-0.3, -0.25) is 9.78 Å². The van der Waals surface area contributed by atoms with E-state index in [1.54, 1.807) is 7.11 Å². The molecule has 26 heavy (non-hydrogen) atoms. The Hall–Kier alpha value is -2.56. The molecule has 1 aliphatic rings. The number of likely N-dealkylation sites (tertiary alicyclic amines) is 1. The second kappa shape index (κ2) is 9.22. The van der Waals surface area contributed by atoms with E-state index in [9.17, 15) is 4.79 Å². The Morgan fingerprint density at radius 3 is 2.73 bits per heavy atom. The van der Waals surface area contributed by atoms with E-state index < -0.39 is 0 Å². The van der Waals surface area contributed by atoms with E-state index in [1.165, 1.54) is 6.42 Å². The van der Waals surface area contributed by atoms with E-state index in [-0.39, 0.29) is 18.6 Å². The first-order valence-corrected chi connectivity index (χ1v) is 9.23. The van der Waals surface area contributed by atoms with Crippen molar-refractivity contribution in [2.75, 3.05) is 20.3 Å². The third-order valence-corrected chi connectivity index (χ3v) is 4.83. The lowest BCUT2D eigenvalue weighted by atomic mass is 9.97. The molecule has 2 heterocycles. The fourth-order valence-electron chi connectivity index (χ4n) is 3.45. The van der Waals surface area contributed by atoms with Crippen LogP contribution in [-0.2, 0) is 11.2 Å². The Bertz CT molecular complexity index is 705. The van der Waals surface area contributed by atoms with E-state index in [0.29, 0.717) is 11.5 Å². The van der Waals surface area contributed by atoms with Gasteiger partial charge >= 0.3 is 0 Å². The maximum Gasteiger partial charge on any atom is 0.260 e. The van der Waals surface area contributed by atoms with Gasteiger partial charge in [0.2, 0.25) is 0 Å². The third kappa shape index (κ3) is 4.75. The first kappa shape index (κ1) is 18.2. The smallest absolute Gasteiger partial charge is 0.260 e. The summed E-state index contributed by atoms with van der Waals surface area (Å²) in [6, 6.07) is 13.6. The first-order chi connectivity index (χ1) is 12.8. The van der Waals surface area contributed by atoms with Crippen LogP contribution in [0.15, 0.2) is 48.7 Å². The lowest BCUT2D eigenvalue weighted by molar-refractivity contribution is -0.137. The molecule has 1 aromatic carbocycles. The number of aryl methyl sites for hydroxylation is 1. The van der Waals surface area contributed by atoms with Gasteiger partial charge in [-0.2, -0.15) is 0 Å². The average Bonchev–Trinajstić information content (AvgIpc) is 2.71. The van der Waals surface area contributed by atoms with Crippen LogP contribution in [-0.4, -0.2) is 42.1 Å². The van der Waals surface area contributed by atoms with Crippen LogP contribution in [0.25, 0.3) is 0 Å². The molecule has 1 aliphatic heterocycles. The molecule has 2 aromatic rings. The Labute approximate surface area is 155 Å². The summed E-state index contributed by atoms with van der Waals surface area (Å²) in [7, 11) is 1.60. The largest absolute Gasteiger partial charge is 0.493 e. The van der Waals surface area contributed by atoms with Crippen LogP contribution in [0.4, 0.5) is 0 Å². The molecule has 0 spiro atoms. The number of para-hydroxylation sites is 2. The van der Waals surface area contributed by atoms with Crippen molar-refractivity contribution in [3.8, 4) is 11.5 Å². The van der Waals surface area contributed by atoms with Crippen LogP contribution in [0.1, 0.15) is 31.4 Å². The number of pyridine rings is 1. The standard InChI is InChI=1S/C21H26N2O3/c1-25-19-10-2-3-11-20(19)26-16-21(24)23-15-7-5-9-18(23)13-12-17-8-4-6-14-22-17/h2-4,6,8,10-11,14,18H,5,7,9,12-13,15-16H2,1H3/t18-/m1/s1. The molecule has 0 radical (unpaired) electrons. The zero-order valence-electron chi connectivity index (χ0n) is 15.3. The second-order valence-electron chi connectivity index (χ2n) is 6.54. The minimum atomic E-state index is 0.0421. The zero-order valence-corrected chi connectivity index (χ0v) is 15.3. The molecule has 0 unspecified atom stereocenters. The third-order valence-electron chi connectivity index (χ3n) is 4.83. The molecule has 0 bridgehead atoms. The molecule has 3 rings (SSSR count). The van der Waals surface area contributed by atoms with Crippen LogP contribution in [0, 0.1) is 0 Å². The summed E-state index contributed by atoms with van der Waals surface area (Å²) >= 11 is 0. The fourth-order valence-corrected chi connectivity index (χ4v) is 3.45. The molecule has 1 fully saturated rings. The van der Waals surface area contributed by atoms with E-state index >= 15 is 0 Å². The maximum atomic E-state index is 12.7. The van der Waals surface area contributed by atoms with Crippen LogP contribution in [0.2, 0.25) is 0 Å². The minimum absolute atomic E-state index is 0.0421. The van der Waals surface area contributed by atoms with Gasteiger partial charge in [-0.25, -0.2) is 0 Å². The summed E-state index contributed by atoms with van der Waals surface area (Å²) in [6.45, 7) is 0.849. The second-order valence-corrected chi connectivity index (χ2v) is 6.54. The summed E-state index contributed by atoms with van der Waals surface area (Å²) in [5, 5.41) is 0. The fraction of sp³-hybridized carbons (Fsp3) is 0.429. The Kier molecular flexibility index (Phi) is 6.47. The van der Waals surface area contributed by atoms with Crippen molar-refractivity contribution < 1.29 is 14.3 Å². The number of hydrogen-bond acceptors (Lipinski definition) is 4. The van der Waals surface area contributed by atoms with Gasteiger partial charge in [0.15, 0.2) is 18.1 Å². The van der Waals surface area contributed by atoms with Crippen molar-refractivity contribution >= 4 is 5.91 Å². The van der Waals surface area contributed by atoms with Gasteiger partial charge in [0.05, 0.1) is 7.11 Å². The molecule has 0 saturated carbocycles.